The standard InChI is InChI=1S/C20H25F3N4O2/c1-11(20(21,22)23)29-17-8-15(24-9-13(17)12-5-6-12)16(28)7-14(19(2,3)4)18-25-10-26-27-18/h8-9,11-12,14H,5-7,10H2,1-4H3/t11-,14?/m0/s1. The lowest BCUT2D eigenvalue weighted by Crippen LogP contribution is -2.31. The lowest BCUT2D eigenvalue weighted by Gasteiger charge is -2.28. The van der Waals surface area contributed by atoms with Crippen molar-refractivity contribution in [1.82, 2.24) is 4.98 Å². The topological polar surface area (TPSA) is 76.3 Å². The minimum atomic E-state index is -4.49. The smallest absolute Gasteiger partial charge is 0.425 e. The van der Waals surface area contributed by atoms with Crippen LogP contribution in [0.25, 0.3) is 0 Å². The monoisotopic (exact) mass is 410 g/mol. The number of Topliss-reactive ketones (excluding diaryl/α,β-unsaturated/α-hetero) is 1. The summed E-state index contributed by atoms with van der Waals surface area (Å²) in [5.74, 6) is 0.173. The highest BCUT2D eigenvalue weighted by Gasteiger charge is 2.40. The fraction of sp³-hybridized carbons (Fsp3) is 0.650. The molecule has 0 bridgehead atoms. The largest absolute Gasteiger partial charge is 0.481 e. The van der Waals surface area contributed by atoms with Gasteiger partial charge in [-0.05, 0) is 31.1 Å². The molecule has 0 radical (unpaired) electrons. The summed E-state index contributed by atoms with van der Waals surface area (Å²) in [5, 5.41) is 7.89. The van der Waals surface area contributed by atoms with Crippen LogP contribution in [-0.4, -0.2) is 35.6 Å². The van der Waals surface area contributed by atoms with E-state index in [0.29, 0.717) is 11.4 Å². The number of hydrogen-bond donors (Lipinski definition) is 0. The number of alkyl halides is 3. The van der Waals surface area contributed by atoms with Gasteiger partial charge < -0.3 is 4.74 Å². The summed E-state index contributed by atoms with van der Waals surface area (Å²) in [6.45, 7) is 7.13. The Morgan fingerprint density at radius 1 is 1.28 bits per heavy atom. The van der Waals surface area contributed by atoms with Gasteiger partial charge in [0.25, 0.3) is 0 Å². The maximum atomic E-state index is 13.0. The second-order valence-corrected chi connectivity index (χ2v) is 8.63. The van der Waals surface area contributed by atoms with Gasteiger partial charge in [0, 0.05) is 30.2 Å². The molecule has 6 nitrogen and oxygen atoms in total. The van der Waals surface area contributed by atoms with Crippen molar-refractivity contribution >= 4 is 11.6 Å². The molecular weight excluding hydrogens is 385 g/mol. The van der Waals surface area contributed by atoms with Gasteiger partial charge in [0.15, 0.2) is 24.4 Å². The number of nitrogens with zero attached hydrogens (tertiary/aromatic N) is 4. The Hall–Kier alpha value is -2.32. The van der Waals surface area contributed by atoms with Crippen molar-refractivity contribution in [2.45, 2.75) is 65.2 Å². The van der Waals surface area contributed by atoms with Crippen molar-refractivity contribution in [3.8, 4) is 5.75 Å². The molecule has 1 fully saturated rings. The van der Waals surface area contributed by atoms with Crippen LogP contribution in [0.3, 0.4) is 0 Å². The molecule has 3 rings (SSSR count). The van der Waals surface area contributed by atoms with Crippen LogP contribution >= 0.6 is 0 Å². The molecule has 1 saturated carbocycles. The molecule has 1 aliphatic heterocycles. The van der Waals surface area contributed by atoms with Crippen molar-refractivity contribution in [3.05, 3.63) is 23.5 Å². The van der Waals surface area contributed by atoms with E-state index in [1.807, 2.05) is 20.8 Å². The molecule has 1 aliphatic carbocycles. The number of ketones is 1. The molecule has 0 amide bonds. The highest BCUT2D eigenvalue weighted by atomic mass is 19.4. The first-order valence-corrected chi connectivity index (χ1v) is 9.65. The van der Waals surface area contributed by atoms with E-state index >= 15 is 0 Å². The van der Waals surface area contributed by atoms with Crippen LogP contribution in [0.15, 0.2) is 27.5 Å². The number of azo groups is 1. The molecule has 1 unspecified atom stereocenters. The van der Waals surface area contributed by atoms with Crippen molar-refractivity contribution in [2.75, 3.05) is 6.67 Å². The zero-order valence-corrected chi connectivity index (χ0v) is 17.0. The molecular formula is C20H25F3N4O2. The van der Waals surface area contributed by atoms with E-state index in [4.69, 9.17) is 4.74 Å². The Kier molecular flexibility index (Phi) is 5.78. The summed E-state index contributed by atoms with van der Waals surface area (Å²) in [7, 11) is 0. The van der Waals surface area contributed by atoms with Crippen LogP contribution in [0, 0.1) is 11.3 Å². The van der Waals surface area contributed by atoms with E-state index in [1.165, 1.54) is 12.3 Å². The van der Waals surface area contributed by atoms with Crippen LogP contribution < -0.4 is 4.74 Å². The lowest BCUT2D eigenvalue weighted by atomic mass is 9.76. The van der Waals surface area contributed by atoms with Gasteiger partial charge in [-0.25, -0.2) is 4.99 Å². The Bertz CT molecular complexity index is 839. The molecule has 2 heterocycles. The van der Waals surface area contributed by atoms with Gasteiger partial charge in [-0.2, -0.15) is 18.3 Å². The molecule has 2 atom stereocenters. The fourth-order valence-electron chi connectivity index (χ4n) is 3.15. The molecule has 0 saturated heterocycles. The van der Waals surface area contributed by atoms with E-state index in [1.54, 1.807) is 0 Å². The molecule has 0 aromatic carbocycles. The molecule has 1 aromatic rings. The maximum Gasteiger partial charge on any atom is 0.425 e. The third-order valence-corrected chi connectivity index (χ3v) is 5.18. The lowest BCUT2D eigenvalue weighted by molar-refractivity contribution is -0.189. The van der Waals surface area contributed by atoms with Crippen molar-refractivity contribution < 1.29 is 22.7 Å². The van der Waals surface area contributed by atoms with Gasteiger partial charge in [-0.15, -0.1) is 5.11 Å². The van der Waals surface area contributed by atoms with E-state index in [2.05, 4.69) is 20.2 Å². The number of rotatable bonds is 7. The number of ether oxygens (including phenoxy) is 1. The quantitative estimate of drug-likeness (QED) is 0.569. The van der Waals surface area contributed by atoms with E-state index < -0.39 is 12.3 Å². The number of aliphatic imine (C=N–C) groups is 1. The molecule has 29 heavy (non-hydrogen) atoms. The normalized spacial score (nSPS) is 19.1. The average molecular weight is 410 g/mol. The third-order valence-electron chi connectivity index (χ3n) is 5.18. The Balaban J connectivity index is 1.85. The van der Waals surface area contributed by atoms with Crippen LogP contribution in [0.2, 0.25) is 0 Å². The molecule has 2 aliphatic rings. The molecule has 1 aromatic heterocycles. The summed E-state index contributed by atoms with van der Waals surface area (Å²) < 4.78 is 44.1. The first kappa shape index (κ1) is 21.4. The van der Waals surface area contributed by atoms with Gasteiger partial charge in [0.05, 0.1) is 0 Å². The van der Waals surface area contributed by atoms with Crippen LogP contribution in [0.1, 0.15) is 68.9 Å². The van der Waals surface area contributed by atoms with Gasteiger partial charge in [-0.3, -0.25) is 9.78 Å². The number of hydrogen-bond acceptors (Lipinski definition) is 6. The van der Waals surface area contributed by atoms with Crippen molar-refractivity contribution in [3.63, 3.8) is 0 Å². The van der Waals surface area contributed by atoms with Crippen molar-refractivity contribution in [2.24, 2.45) is 26.6 Å². The SMILES string of the molecule is C[C@H](Oc1cc(C(=O)CC(C2=NCN=N2)C(C)(C)C)ncc1C1CC1)C(F)(F)F. The summed E-state index contributed by atoms with van der Waals surface area (Å²) >= 11 is 0. The highest BCUT2D eigenvalue weighted by molar-refractivity contribution is 5.99. The van der Waals surface area contributed by atoms with E-state index in [9.17, 15) is 18.0 Å². The highest BCUT2D eigenvalue weighted by Crippen LogP contribution is 2.45. The van der Waals surface area contributed by atoms with E-state index in [-0.39, 0.29) is 47.6 Å². The van der Waals surface area contributed by atoms with Gasteiger partial charge >= 0.3 is 6.18 Å². The third kappa shape index (κ3) is 5.19. The number of amidine groups is 1. The van der Waals surface area contributed by atoms with Crippen LogP contribution in [-0.2, 0) is 0 Å². The van der Waals surface area contributed by atoms with Gasteiger partial charge in [-0.1, -0.05) is 20.8 Å². The van der Waals surface area contributed by atoms with Crippen LogP contribution in [0.5, 0.6) is 5.75 Å². The Morgan fingerprint density at radius 3 is 2.48 bits per heavy atom. The first-order valence-electron chi connectivity index (χ1n) is 9.65. The second-order valence-electron chi connectivity index (χ2n) is 8.63. The average Bonchev–Trinajstić information content (AvgIpc) is 3.32. The number of aromatic nitrogens is 1. The zero-order chi connectivity index (χ0) is 21.4. The second kappa shape index (κ2) is 7.84. The summed E-state index contributed by atoms with van der Waals surface area (Å²) in [4.78, 5) is 21.4. The van der Waals surface area contributed by atoms with E-state index in [0.717, 1.165) is 19.8 Å². The summed E-state index contributed by atoms with van der Waals surface area (Å²) in [5.41, 5.74) is 0.415. The molecule has 9 heteroatoms. The van der Waals surface area contributed by atoms with Gasteiger partial charge in [0.2, 0.25) is 0 Å². The van der Waals surface area contributed by atoms with Gasteiger partial charge in [0.1, 0.15) is 11.4 Å². The molecule has 0 N–H and O–H groups in total. The predicted octanol–water partition coefficient (Wildman–Crippen LogP) is 5.35. The number of pyridine rings is 1. The maximum absolute atomic E-state index is 13.0. The van der Waals surface area contributed by atoms with Crippen molar-refractivity contribution in [1.29, 1.82) is 0 Å². The first-order chi connectivity index (χ1) is 13.5. The Morgan fingerprint density at radius 2 is 1.97 bits per heavy atom. The Labute approximate surface area is 167 Å². The predicted molar refractivity (Wildman–Crippen MR) is 101 cm³/mol. The fourth-order valence-corrected chi connectivity index (χ4v) is 3.15. The molecule has 0 spiro atoms. The number of carbonyl (C=O) groups excluding carboxylic acids is 1. The minimum Gasteiger partial charge on any atom is -0.481 e. The number of halogens is 3. The minimum absolute atomic E-state index is 0.0841. The zero-order valence-electron chi connectivity index (χ0n) is 17.0. The molecule has 158 valence electrons. The summed E-state index contributed by atoms with van der Waals surface area (Å²) in [6, 6.07) is 1.34. The van der Waals surface area contributed by atoms with Crippen LogP contribution in [0.4, 0.5) is 13.2 Å². The number of carbonyl (C=O) groups is 1. The summed E-state index contributed by atoms with van der Waals surface area (Å²) in [6.07, 6.45) is -3.14.